The summed E-state index contributed by atoms with van der Waals surface area (Å²) < 4.78 is 44.3. The van der Waals surface area contributed by atoms with Crippen molar-refractivity contribution in [2.24, 2.45) is 0 Å². The zero-order valence-corrected chi connectivity index (χ0v) is 22.6. The standard InChI is InChI=1S/C25H25ClF3N5O5S/c1-13(35)2-3-18(21(37)33-17(4-5-25(27,28)29)20(36)24-31-6-7-40-24)34-22(38)19-12-32-23(39-19)15-8-14(11-30)9-16(26)10-15/h6-10,12-13,17-18,20,35-36H,2-5H2,1H3,(H,33,37)(H,34,38)/t13?,17-,18-,20?/m0/s1. The van der Waals surface area contributed by atoms with Crippen molar-refractivity contribution in [2.75, 3.05) is 0 Å². The molecule has 10 nitrogen and oxygen atoms in total. The number of rotatable bonds is 12. The number of benzene rings is 1. The molecule has 40 heavy (non-hydrogen) atoms. The van der Waals surface area contributed by atoms with E-state index in [1.54, 1.807) is 0 Å². The van der Waals surface area contributed by atoms with Gasteiger partial charge in [-0.05, 0) is 44.4 Å². The lowest BCUT2D eigenvalue weighted by Crippen LogP contribution is -2.51. The number of nitrogens with zero attached hydrogens (tertiary/aromatic N) is 3. The molecule has 0 radical (unpaired) electrons. The normalized spacial score (nSPS) is 14.6. The number of nitrogens with one attached hydrogen (secondary N) is 2. The number of halogens is 4. The van der Waals surface area contributed by atoms with Gasteiger partial charge in [0.2, 0.25) is 17.6 Å². The molecule has 0 fully saturated rings. The first-order valence-electron chi connectivity index (χ1n) is 12.0. The Hall–Kier alpha value is -3.51. The van der Waals surface area contributed by atoms with Crippen molar-refractivity contribution in [3.05, 3.63) is 57.3 Å². The van der Waals surface area contributed by atoms with E-state index < -0.39 is 55.1 Å². The van der Waals surface area contributed by atoms with Gasteiger partial charge in [0.05, 0.1) is 30.0 Å². The predicted molar refractivity (Wildman–Crippen MR) is 138 cm³/mol. The van der Waals surface area contributed by atoms with Gasteiger partial charge in [-0.15, -0.1) is 11.3 Å². The Kier molecular flexibility index (Phi) is 10.6. The first-order chi connectivity index (χ1) is 18.9. The predicted octanol–water partition coefficient (Wildman–Crippen LogP) is 4.14. The molecule has 15 heteroatoms. The van der Waals surface area contributed by atoms with Crippen LogP contribution in [0.2, 0.25) is 5.02 Å². The lowest BCUT2D eigenvalue weighted by Gasteiger charge is -2.26. The summed E-state index contributed by atoms with van der Waals surface area (Å²) in [6, 6.07) is 3.63. The summed E-state index contributed by atoms with van der Waals surface area (Å²) in [5.41, 5.74) is 0.566. The number of thiazole rings is 1. The molecule has 0 spiro atoms. The Morgan fingerprint density at radius 2 is 1.93 bits per heavy atom. The number of alkyl halides is 3. The van der Waals surface area contributed by atoms with Gasteiger partial charge < -0.3 is 25.3 Å². The number of carbonyl (C=O) groups excluding carboxylic acids is 2. The molecule has 2 heterocycles. The number of oxazole rings is 1. The van der Waals surface area contributed by atoms with Crippen LogP contribution < -0.4 is 10.6 Å². The molecule has 0 bridgehead atoms. The van der Waals surface area contributed by atoms with Crippen molar-refractivity contribution in [2.45, 2.75) is 63.1 Å². The molecule has 0 aliphatic rings. The molecule has 214 valence electrons. The highest BCUT2D eigenvalue weighted by atomic mass is 35.5. The van der Waals surface area contributed by atoms with Gasteiger partial charge >= 0.3 is 6.18 Å². The Labute approximate surface area is 235 Å². The summed E-state index contributed by atoms with van der Waals surface area (Å²) in [5.74, 6) is -2.04. The third-order valence-corrected chi connectivity index (χ3v) is 6.71. The van der Waals surface area contributed by atoms with Crippen LogP contribution in [0.5, 0.6) is 0 Å². The van der Waals surface area contributed by atoms with Gasteiger partial charge in [0.25, 0.3) is 5.91 Å². The highest BCUT2D eigenvalue weighted by Crippen LogP contribution is 2.28. The van der Waals surface area contributed by atoms with Crippen LogP contribution in [0.15, 0.2) is 40.4 Å². The van der Waals surface area contributed by atoms with Crippen LogP contribution in [0.4, 0.5) is 13.2 Å². The zero-order valence-electron chi connectivity index (χ0n) is 21.0. The maximum atomic E-state index is 13.2. The topological polar surface area (TPSA) is 161 Å². The van der Waals surface area contributed by atoms with E-state index in [1.165, 1.54) is 36.7 Å². The summed E-state index contributed by atoms with van der Waals surface area (Å²) in [7, 11) is 0. The first-order valence-corrected chi connectivity index (χ1v) is 13.2. The number of nitriles is 1. The lowest BCUT2D eigenvalue weighted by molar-refractivity contribution is -0.140. The second-order valence-electron chi connectivity index (χ2n) is 8.91. The molecule has 4 N–H and O–H groups in total. The maximum Gasteiger partial charge on any atom is 0.389 e. The first kappa shape index (κ1) is 31.0. The van der Waals surface area contributed by atoms with Gasteiger partial charge in [-0.1, -0.05) is 11.6 Å². The zero-order chi connectivity index (χ0) is 29.4. The quantitative estimate of drug-likeness (QED) is 0.241. The summed E-state index contributed by atoms with van der Waals surface area (Å²) in [6.07, 6.45) is -6.35. The monoisotopic (exact) mass is 599 g/mol. The highest BCUT2D eigenvalue weighted by Gasteiger charge is 2.34. The van der Waals surface area contributed by atoms with Gasteiger partial charge in [0.1, 0.15) is 17.2 Å². The Morgan fingerprint density at radius 3 is 2.55 bits per heavy atom. The number of aliphatic hydroxyl groups excluding tert-OH is 2. The molecule has 2 aromatic heterocycles. The van der Waals surface area contributed by atoms with E-state index in [0.717, 1.165) is 17.5 Å². The molecule has 0 saturated heterocycles. The molecule has 0 saturated carbocycles. The van der Waals surface area contributed by atoms with Crippen LogP contribution in [0.3, 0.4) is 0 Å². The van der Waals surface area contributed by atoms with E-state index in [9.17, 15) is 33.0 Å². The average Bonchev–Trinajstić information content (AvgIpc) is 3.60. The minimum absolute atomic E-state index is 0.0204. The van der Waals surface area contributed by atoms with E-state index in [-0.39, 0.29) is 40.1 Å². The van der Waals surface area contributed by atoms with E-state index in [1.807, 2.05) is 6.07 Å². The van der Waals surface area contributed by atoms with Crippen LogP contribution in [0.25, 0.3) is 11.5 Å². The number of hydrogen-bond donors (Lipinski definition) is 4. The van der Waals surface area contributed by atoms with Gasteiger partial charge in [-0.2, -0.15) is 18.4 Å². The fraction of sp³-hybridized carbons (Fsp3) is 0.400. The molecule has 2 unspecified atom stereocenters. The molecule has 3 rings (SSSR count). The Morgan fingerprint density at radius 1 is 1.18 bits per heavy atom. The van der Waals surface area contributed by atoms with Gasteiger partial charge in [0, 0.05) is 28.6 Å². The molecule has 1 aromatic carbocycles. The molecular formula is C25H25ClF3N5O5S. The Bertz CT molecular complexity index is 1340. The van der Waals surface area contributed by atoms with Crippen molar-refractivity contribution in [1.82, 2.24) is 20.6 Å². The smallest absolute Gasteiger partial charge is 0.389 e. The summed E-state index contributed by atoms with van der Waals surface area (Å²) in [6.45, 7) is 1.47. The van der Waals surface area contributed by atoms with E-state index in [4.69, 9.17) is 21.3 Å². The van der Waals surface area contributed by atoms with Crippen LogP contribution in [0.1, 0.15) is 59.8 Å². The SMILES string of the molecule is CC(O)CC[C@H](NC(=O)c1cnc(-c2cc(Cl)cc(C#N)c2)o1)C(=O)N[C@@H](CCC(F)(F)F)C(O)c1nccs1. The second kappa shape index (κ2) is 13.7. The van der Waals surface area contributed by atoms with E-state index >= 15 is 0 Å². The number of amides is 2. The fourth-order valence-corrected chi connectivity index (χ4v) is 4.58. The number of hydrogen-bond acceptors (Lipinski definition) is 9. The van der Waals surface area contributed by atoms with Crippen LogP contribution >= 0.6 is 22.9 Å². The van der Waals surface area contributed by atoms with E-state index in [0.29, 0.717) is 5.56 Å². The highest BCUT2D eigenvalue weighted by molar-refractivity contribution is 7.09. The maximum absolute atomic E-state index is 13.2. The van der Waals surface area contributed by atoms with Crippen LogP contribution in [-0.4, -0.2) is 56.4 Å². The molecule has 4 atom stereocenters. The molecule has 0 aliphatic carbocycles. The van der Waals surface area contributed by atoms with Crippen molar-refractivity contribution < 1.29 is 37.4 Å². The second-order valence-corrected chi connectivity index (χ2v) is 10.3. The van der Waals surface area contributed by atoms with Gasteiger partial charge in [0.15, 0.2) is 0 Å². The fourth-order valence-electron chi connectivity index (χ4n) is 3.66. The number of carbonyl (C=O) groups is 2. The summed E-state index contributed by atoms with van der Waals surface area (Å²) in [4.78, 5) is 34.0. The van der Waals surface area contributed by atoms with E-state index in [2.05, 4.69) is 20.6 Å². The van der Waals surface area contributed by atoms with Gasteiger partial charge in [-0.3, -0.25) is 9.59 Å². The summed E-state index contributed by atoms with van der Waals surface area (Å²) in [5, 5.41) is 36.2. The van der Waals surface area contributed by atoms with Crippen molar-refractivity contribution in [3.63, 3.8) is 0 Å². The number of aliphatic hydroxyl groups is 2. The summed E-state index contributed by atoms with van der Waals surface area (Å²) >= 11 is 7.02. The van der Waals surface area contributed by atoms with Crippen molar-refractivity contribution in [3.8, 4) is 17.5 Å². The molecule has 2 amide bonds. The minimum Gasteiger partial charge on any atom is -0.431 e. The van der Waals surface area contributed by atoms with Crippen molar-refractivity contribution in [1.29, 1.82) is 5.26 Å². The molecule has 0 aliphatic heterocycles. The average molecular weight is 600 g/mol. The Balaban J connectivity index is 1.78. The lowest BCUT2D eigenvalue weighted by atomic mass is 10.0. The number of aromatic nitrogens is 2. The molecule has 3 aromatic rings. The van der Waals surface area contributed by atoms with Crippen molar-refractivity contribution >= 4 is 34.8 Å². The van der Waals surface area contributed by atoms with Crippen LogP contribution in [0, 0.1) is 11.3 Å². The minimum atomic E-state index is -4.54. The third kappa shape index (κ3) is 9.02. The largest absolute Gasteiger partial charge is 0.431 e. The van der Waals surface area contributed by atoms with Gasteiger partial charge in [-0.25, -0.2) is 9.97 Å². The molecular weight excluding hydrogens is 575 g/mol. The third-order valence-electron chi connectivity index (χ3n) is 5.65. The van der Waals surface area contributed by atoms with Crippen LogP contribution in [-0.2, 0) is 4.79 Å².